The van der Waals surface area contributed by atoms with E-state index in [9.17, 15) is 8.42 Å². The summed E-state index contributed by atoms with van der Waals surface area (Å²) in [4.78, 5) is 10.4. The maximum Gasteiger partial charge on any atom is 0.243 e. The third kappa shape index (κ3) is 3.24. The highest BCUT2D eigenvalue weighted by Crippen LogP contribution is 2.23. The minimum absolute atomic E-state index is 0.327. The van der Waals surface area contributed by atoms with Crippen molar-refractivity contribution in [2.24, 2.45) is 0 Å². The normalized spacial score (nSPS) is 16.3. The topological polar surface area (TPSA) is 69.3 Å². The van der Waals surface area contributed by atoms with Gasteiger partial charge in [-0.2, -0.15) is 4.31 Å². The Bertz CT molecular complexity index is 1040. The van der Waals surface area contributed by atoms with E-state index in [1.165, 1.54) is 5.56 Å². The molecule has 6 nitrogen and oxygen atoms in total. The molecule has 1 N–H and O–H groups in total. The van der Waals surface area contributed by atoms with Gasteiger partial charge in [-0.1, -0.05) is 22.0 Å². The van der Waals surface area contributed by atoms with Crippen LogP contribution in [-0.2, 0) is 10.0 Å². The van der Waals surface area contributed by atoms with Crippen molar-refractivity contribution in [1.29, 1.82) is 0 Å². The van der Waals surface area contributed by atoms with Crippen LogP contribution in [0.3, 0.4) is 0 Å². The summed E-state index contributed by atoms with van der Waals surface area (Å²) in [6.45, 7) is 4.14. The van der Waals surface area contributed by atoms with Crippen LogP contribution >= 0.6 is 15.9 Å². The Morgan fingerprint density at radius 2 is 1.73 bits per heavy atom. The maximum absolute atomic E-state index is 12.8. The quantitative estimate of drug-likeness (QED) is 0.687. The molecule has 0 saturated carbocycles. The van der Waals surface area contributed by atoms with E-state index in [-0.39, 0.29) is 0 Å². The van der Waals surface area contributed by atoms with Crippen molar-refractivity contribution in [3.8, 4) is 0 Å². The van der Waals surface area contributed by atoms with E-state index in [1.807, 2.05) is 19.1 Å². The van der Waals surface area contributed by atoms with Crippen LogP contribution < -0.4 is 4.90 Å². The Morgan fingerprint density at radius 1 is 1.04 bits per heavy atom. The average Bonchev–Trinajstić information content (AvgIpc) is 3.05. The lowest BCUT2D eigenvalue weighted by Gasteiger charge is -2.33. The summed E-state index contributed by atoms with van der Waals surface area (Å²) >= 11 is 3.34. The molecule has 136 valence electrons. The van der Waals surface area contributed by atoms with Crippen molar-refractivity contribution in [1.82, 2.24) is 14.3 Å². The summed E-state index contributed by atoms with van der Waals surface area (Å²) in [5.41, 5.74) is 3.11. The number of hydrogen-bond donors (Lipinski definition) is 1. The van der Waals surface area contributed by atoms with Gasteiger partial charge in [0.25, 0.3) is 0 Å². The van der Waals surface area contributed by atoms with Gasteiger partial charge >= 0.3 is 0 Å². The van der Waals surface area contributed by atoms with Gasteiger partial charge in [0.1, 0.15) is 0 Å². The molecular weight excluding hydrogens is 416 g/mol. The van der Waals surface area contributed by atoms with E-state index in [2.05, 4.69) is 36.9 Å². The molecule has 8 heteroatoms. The Kier molecular flexibility index (Phi) is 4.50. The number of rotatable bonds is 3. The zero-order valence-electron chi connectivity index (χ0n) is 14.3. The molecular formula is C18H19BrN4O2S. The number of aromatic amines is 1. The molecule has 1 aromatic heterocycles. The summed E-state index contributed by atoms with van der Waals surface area (Å²) in [5, 5.41) is 0. The summed E-state index contributed by atoms with van der Waals surface area (Å²) < 4.78 is 28.0. The molecule has 1 saturated heterocycles. The van der Waals surface area contributed by atoms with Crippen LogP contribution in [0.1, 0.15) is 5.56 Å². The molecule has 0 amide bonds. The molecule has 26 heavy (non-hydrogen) atoms. The van der Waals surface area contributed by atoms with Crippen LogP contribution in [0, 0.1) is 6.92 Å². The first-order valence-electron chi connectivity index (χ1n) is 8.40. The van der Waals surface area contributed by atoms with Crippen molar-refractivity contribution in [2.75, 3.05) is 31.1 Å². The van der Waals surface area contributed by atoms with Gasteiger partial charge in [-0.25, -0.2) is 13.4 Å². The maximum atomic E-state index is 12.8. The smallest absolute Gasteiger partial charge is 0.243 e. The third-order valence-electron chi connectivity index (χ3n) is 4.61. The fourth-order valence-corrected chi connectivity index (χ4v) is 4.84. The zero-order chi connectivity index (χ0) is 18.3. The molecule has 0 aliphatic carbocycles. The Balaban J connectivity index is 1.50. The van der Waals surface area contributed by atoms with E-state index in [1.54, 1.807) is 28.6 Å². The summed E-state index contributed by atoms with van der Waals surface area (Å²) in [6.07, 6.45) is 0. The number of fused-ring (bicyclic) bond motifs is 1. The fraction of sp³-hybridized carbons (Fsp3) is 0.278. The van der Waals surface area contributed by atoms with Crippen LogP contribution in [0.2, 0.25) is 0 Å². The number of H-pyrrole nitrogens is 1. The van der Waals surface area contributed by atoms with Crippen LogP contribution in [-0.4, -0.2) is 48.9 Å². The number of piperazine rings is 1. The standard InChI is InChI=1S/C18H19BrN4O2S/c1-13-2-7-16-17(12-13)21-18(20-16)22-8-10-23(11-9-22)26(24,25)15-5-3-14(19)4-6-15/h2-7,12H,8-11H2,1H3,(H,20,21). The molecule has 0 radical (unpaired) electrons. The molecule has 0 spiro atoms. The lowest BCUT2D eigenvalue weighted by atomic mass is 10.2. The van der Waals surface area contributed by atoms with Gasteiger partial charge < -0.3 is 9.88 Å². The lowest BCUT2D eigenvalue weighted by molar-refractivity contribution is 0.383. The molecule has 1 aliphatic rings. The molecule has 2 aromatic carbocycles. The Morgan fingerprint density at radius 3 is 2.42 bits per heavy atom. The van der Waals surface area contributed by atoms with Crippen molar-refractivity contribution in [3.63, 3.8) is 0 Å². The number of aryl methyl sites for hydroxylation is 1. The number of benzene rings is 2. The number of sulfonamides is 1. The third-order valence-corrected chi connectivity index (χ3v) is 7.06. The number of nitrogens with one attached hydrogen (secondary N) is 1. The number of imidazole rings is 1. The lowest BCUT2D eigenvalue weighted by Crippen LogP contribution is -2.49. The predicted molar refractivity (Wildman–Crippen MR) is 106 cm³/mol. The van der Waals surface area contributed by atoms with Gasteiger partial charge in [-0.15, -0.1) is 0 Å². The van der Waals surface area contributed by atoms with Crippen LogP contribution in [0.25, 0.3) is 11.0 Å². The predicted octanol–water partition coefficient (Wildman–Crippen LogP) is 3.14. The van der Waals surface area contributed by atoms with Crippen molar-refractivity contribution >= 4 is 42.9 Å². The SMILES string of the molecule is Cc1ccc2nc(N3CCN(S(=O)(=O)c4ccc(Br)cc4)CC3)[nH]c2c1. The molecule has 4 rings (SSSR count). The minimum atomic E-state index is -3.46. The first kappa shape index (κ1) is 17.5. The van der Waals surface area contributed by atoms with Crippen molar-refractivity contribution in [3.05, 3.63) is 52.5 Å². The number of halogens is 1. The average molecular weight is 435 g/mol. The van der Waals surface area contributed by atoms with E-state index < -0.39 is 10.0 Å². The van der Waals surface area contributed by atoms with E-state index in [0.717, 1.165) is 21.5 Å². The molecule has 0 unspecified atom stereocenters. The molecule has 1 aliphatic heterocycles. The first-order chi connectivity index (χ1) is 12.4. The van der Waals surface area contributed by atoms with E-state index >= 15 is 0 Å². The van der Waals surface area contributed by atoms with Crippen molar-refractivity contribution < 1.29 is 8.42 Å². The van der Waals surface area contributed by atoms with Crippen LogP contribution in [0.4, 0.5) is 5.95 Å². The largest absolute Gasteiger partial charge is 0.340 e. The Hall–Kier alpha value is -1.90. The summed E-state index contributed by atoms with van der Waals surface area (Å²) in [6, 6.07) is 12.9. The second-order valence-electron chi connectivity index (χ2n) is 6.43. The van der Waals surface area contributed by atoms with E-state index in [0.29, 0.717) is 31.1 Å². The highest BCUT2D eigenvalue weighted by Gasteiger charge is 2.29. The first-order valence-corrected chi connectivity index (χ1v) is 10.6. The number of hydrogen-bond acceptors (Lipinski definition) is 4. The summed E-state index contributed by atoms with van der Waals surface area (Å²) in [5.74, 6) is 0.797. The highest BCUT2D eigenvalue weighted by molar-refractivity contribution is 9.10. The van der Waals surface area contributed by atoms with Gasteiger partial charge in [-0.05, 0) is 48.9 Å². The monoisotopic (exact) mass is 434 g/mol. The molecule has 0 atom stereocenters. The summed E-state index contributed by atoms with van der Waals surface area (Å²) in [7, 11) is -3.46. The number of nitrogens with zero attached hydrogens (tertiary/aromatic N) is 3. The van der Waals surface area contributed by atoms with Gasteiger partial charge in [-0.3, -0.25) is 0 Å². The van der Waals surface area contributed by atoms with Gasteiger partial charge in [0.15, 0.2) is 0 Å². The van der Waals surface area contributed by atoms with E-state index in [4.69, 9.17) is 0 Å². The number of anilines is 1. The second-order valence-corrected chi connectivity index (χ2v) is 9.28. The van der Waals surface area contributed by atoms with Crippen molar-refractivity contribution in [2.45, 2.75) is 11.8 Å². The minimum Gasteiger partial charge on any atom is -0.340 e. The van der Waals surface area contributed by atoms with Gasteiger partial charge in [0.2, 0.25) is 16.0 Å². The highest BCUT2D eigenvalue weighted by atomic mass is 79.9. The van der Waals surface area contributed by atoms with Gasteiger partial charge in [0, 0.05) is 30.7 Å². The van der Waals surface area contributed by atoms with Crippen LogP contribution in [0.15, 0.2) is 51.8 Å². The molecule has 2 heterocycles. The number of aromatic nitrogens is 2. The van der Waals surface area contributed by atoms with Crippen LogP contribution in [0.5, 0.6) is 0 Å². The molecule has 3 aromatic rings. The molecule has 0 bridgehead atoms. The van der Waals surface area contributed by atoms with Gasteiger partial charge in [0.05, 0.1) is 15.9 Å². The Labute approximate surface area is 161 Å². The second kappa shape index (κ2) is 6.68. The fourth-order valence-electron chi connectivity index (χ4n) is 3.16. The molecule has 1 fully saturated rings. The zero-order valence-corrected chi connectivity index (χ0v) is 16.7.